The third-order valence-electron chi connectivity index (χ3n) is 2.42. The van der Waals surface area contributed by atoms with Crippen LogP contribution < -0.4 is 16.6 Å². The van der Waals surface area contributed by atoms with Crippen LogP contribution in [-0.4, -0.2) is 29.4 Å². The highest BCUT2D eigenvalue weighted by Gasteiger charge is 2.20. The normalized spacial score (nSPS) is 10.0. The third-order valence-corrected chi connectivity index (χ3v) is 3.11. The molecule has 0 saturated carbocycles. The predicted molar refractivity (Wildman–Crippen MR) is 76.2 cm³/mol. The van der Waals surface area contributed by atoms with Gasteiger partial charge in [0.05, 0.1) is 4.92 Å². The van der Waals surface area contributed by atoms with Crippen LogP contribution in [-0.2, 0) is 0 Å². The Hall–Kier alpha value is -1.80. The van der Waals surface area contributed by atoms with E-state index in [1.807, 2.05) is 6.26 Å². The summed E-state index contributed by atoms with van der Waals surface area (Å²) in [6.45, 7) is 0.483. The van der Waals surface area contributed by atoms with Crippen molar-refractivity contribution in [3.05, 3.63) is 33.9 Å². The maximum Gasteiger partial charge on any atom is 0.282 e. The molecule has 104 valence electrons. The molecule has 4 N–H and O–H groups in total. The molecule has 0 spiro atoms. The van der Waals surface area contributed by atoms with Gasteiger partial charge in [-0.2, -0.15) is 11.8 Å². The van der Waals surface area contributed by atoms with Crippen molar-refractivity contribution in [1.82, 2.24) is 5.32 Å². The topological polar surface area (TPSA) is 110 Å². The Kier molecular flexibility index (Phi) is 6.10. The van der Waals surface area contributed by atoms with Gasteiger partial charge in [-0.15, -0.1) is 0 Å². The number of carbonyl (C=O) groups excluding carboxylic acids is 1. The van der Waals surface area contributed by atoms with E-state index < -0.39 is 10.8 Å². The van der Waals surface area contributed by atoms with Crippen LogP contribution in [0.25, 0.3) is 0 Å². The van der Waals surface area contributed by atoms with Crippen molar-refractivity contribution < 1.29 is 9.72 Å². The average Bonchev–Trinajstić information content (AvgIpc) is 2.42. The first-order valence-corrected chi connectivity index (χ1v) is 7.01. The summed E-state index contributed by atoms with van der Waals surface area (Å²) in [6.07, 6.45) is 2.79. The van der Waals surface area contributed by atoms with E-state index in [2.05, 4.69) is 10.7 Å². The Morgan fingerprint density at radius 3 is 2.84 bits per heavy atom. The lowest BCUT2D eigenvalue weighted by Crippen LogP contribution is -2.25. The molecule has 0 unspecified atom stereocenters. The number of hydrazine groups is 1. The Balaban J connectivity index is 2.83. The smallest absolute Gasteiger partial charge is 0.282 e. The molecule has 7 nitrogen and oxygen atoms in total. The Morgan fingerprint density at radius 2 is 2.26 bits per heavy atom. The lowest BCUT2D eigenvalue weighted by molar-refractivity contribution is -0.385. The van der Waals surface area contributed by atoms with Gasteiger partial charge < -0.3 is 10.7 Å². The maximum atomic E-state index is 11.9. The average molecular weight is 284 g/mol. The summed E-state index contributed by atoms with van der Waals surface area (Å²) in [7, 11) is 0. The van der Waals surface area contributed by atoms with Gasteiger partial charge in [0.25, 0.3) is 11.6 Å². The Morgan fingerprint density at radius 1 is 1.53 bits per heavy atom. The van der Waals surface area contributed by atoms with Crippen LogP contribution in [0.4, 0.5) is 11.4 Å². The minimum atomic E-state index is -0.586. The second-order valence-electron chi connectivity index (χ2n) is 3.74. The summed E-state index contributed by atoms with van der Waals surface area (Å²) in [5, 5.41) is 13.5. The van der Waals surface area contributed by atoms with E-state index in [-0.39, 0.29) is 11.3 Å². The van der Waals surface area contributed by atoms with Crippen LogP contribution >= 0.6 is 11.8 Å². The van der Waals surface area contributed by atoms with E-state index in [0.29, 0.717) is 12.2 Å². The molecule has 0 atom stereocenters. The minimum absolute atomic E-state index is 0.00426. The highest BCUT2D eigenvalue weighted by Crippen LogP contribution is 2.22. The van der Waals surface area contributed by atoms with Gasteiger partial charge in [0.2, 0.25) is 0 Å². The number of nitro groups is 1. The molecule has 0 aliphatic heterocycles. The van der Waals surface area contributed by atoms with Crippen molar-refractivity contribution in [2.45, 2.75) is 6.42 Å². The molecule has 1 amide bonds. The summed E-state index contributed by atoms with van der Waals surface area (Å²) >= 11 is 1.68. The maximum absolute atomic E-state index is 11.9. The molecule has 0 bridgehead atoms. The fourth-order valence-corrected chi connectivity index (χ4v) is 1.91. The van der Waals surface area contributed by atoms with E-state index in [4.69, 9.17) is 5.84 Å². The summed E-state index contributed by atoms with van der Waals surface area (Å²) in [5.41, 5.74) is 2.57. The quantitative estimate of drug-likeness (QED) is 0.302. The molecule has 8 heteroatoms. The third kappa shape index (κ3) is 4.42. The van der Waals surface area contributed by atoms with Gasteiger partial charge in [-0.05, 0) is 30.6 Å². The van der Waals surface area contributed by atoms with Gasteiger partial charge in [-0.3, -0.25) is 20.8 Å². The number of nitrogens with one attached hydrogen (secondary N) is 2. The number of nitrogen functional groups attached to an aromatic ring is 1. The number of amides is 1. The number of thioether (sulfide) groups is 1. The van der Waals surface area contributed by atoms with E-state index in [0.717, 1.165) is 12.2 Å². The molecule has 0 aliphatic carbocycles. The monoisotopic (exact) mass is 284 g/mol. The van der Waals surface area contributed by atoms with Crippen molar-refractivity contribution >= 4 is 29.0 Å². The molecule has 0 heterocycles. The minimum Gasteiger partial charge on any atom is -0.352 e. The zero-order valence-corrected chi connectivity index (χ0v) is 11.3. The molecule has 19 heavy (non-hydrogen) atoms. The second kappa shape index (κ2) is 7.59. The van der Waals surface area contributed by atoms with E-state index in [9.17, 15) is 14.9 Å². The van der Waals surface area contributed by atoms with Crippen molar-refractivity contribution in [3.8, 4) is 0 Å². The zero-order chi connectivity index (χ0) is 14.3. The van der Waals surface area contributed by atoms with Crippen LogP contribution in [0, 0.1) is 10.1 Å². The molecule has 0 saturated heterocycles. The SMILES string of the molecule is CSCCCNC(=O)c1cc(NN)ccc1[N+](=O)[O-]. The lowest BCUT2D eigenvalue weighted by Gasteiger charge is -2.07. The van der Waals surface area contributed by atoms with Gasteiger partial charge in [-0.1, -0.05) is 0 Å². The van der Waals surface area contributed by atoms with Crippen molar-refractivity contribution in [3.63, 3.8) is 0 Å². The summed E-state index contributed by atoms with van der Waals surface area (Å²) in [5.74, 6) is 5.69. The largest absolute Gasteiger partial charge is 0.352 e. The van der Waals surface area contributed by atoms with Crippen LogP contribution in [0.5, 0.6) is 0 Å². The van der Waals surface area contributed by atoms with Crippen LogP contribution in [0.2, 0.25) is 0 Å². The number of carbonyl (C=O) groups is 1. The number of hydrogen-bond acceptors (Lipinski definition) is 6. The molecule has 0 radical (unpaired) electrons. The molecule has 1 aromatic carbocycles. The standard InChI is InChI=1S/C11H16N4O3S/c1-19-6-2-5-13-11(16)9-7-8(14-12)3-4-10(9)15(17)18/h3-4,7,14H,2,5-6,12H2,1H3,(H,13,16). The first-order chi connectivity index (χ1) is 9.10. The lowest BCUT2D eigenvalue weighted by atomic mass is 10.1. The number of anilines is 1. The van der Waals surface area contributed by atoms with Crippen LogP contribution in [0.1, 0.15) is 16.8 Å². The van der Waals surface area contributed by atoms with Gasteiger partial charge in [-0.25, -0.2) is 0 Å². The van der Waals surface area contributed by atoms with Gasteiger partial charge in [0.1, 0.15) is 5.56 Å². The van der Waals surface area contributed by atoms with Gasteiger partial charge in [0.15, 0.2) is 0 Å². The number of nitrogens with two attached hydrogens (primary N) is 1. The second-order valence-corrected chi connectivity index (χ2v) is 4.72. The molecular formula is C11H16N4O3S. The fourth-order valence-electron chi connectivity index (χ4n) is 1.48. The van der Waals surface area contributed by atoms with E-state index >= 15 is 0 Å². The van der Waals surface area contributed by atoms with Crippen molar-refractivity contribution in [2.75, 3.05) is 24.0 Å². The number of rotatable bonds is 7. The molecular weight excluding hydrogens is 268 g/mol. The summed E-state index contributed by atoms with van der Waals surface area (Å²) < 4.78 is 0. The first kappa shape index (κ1) is 15.3. The van der Waals surface area contributed by atoms with Crippen molar-refractivity contribution in [2.24, 2.45) is 5.84 Å². The van der Waals surface area contributed by atoms with E-state index in [1.165, 1.54) is 18.2 Å². The predicted octanol–water partition coefficient (Wildman–Crippen LogP) is 1.36. The zero-order valence-electron chi connectivity index (χ0n) is 10.5. The fraction of sp³-hybridized carbons (Fsp3) is 0.364. The summed E-state index contributed by atoms with van der Waals surface area (Å²) in [4.78, 5) is 22.2. The molecule has 0 fully saturated rings. The van der Waals surface area contributed by atoms with Gasteiger partial charge >= 0.3 is 0 Å². The molecule has 0 aromatic heterocycles. The molecule has 0 aliphatic rings. The van der Waals surface area contributed by atoms with Crippen LogP contribution in [0.15, 0.2) is 18.2 Å². The number of hydrogen-bond donors (Lipinski definition) is 3. The summed E-state index contributed by atoms with van der Waals surface area (Å²) in [6, 6.07) is 4.07. The number of nitrogens with zero attached hydrogens (tertiary/aromatic N) is 1. The highest BCUT2D eigenvalue weighted by atomic mass is 32.2. The Bertz CT molecular complexity index is 467. The molecule has 1 rings (SSSR count). The number of nitro benzene ring substituents is 1. The molecule has 1 aromatic rings. The van der Waals surface area contributed by atoms with Crippen LogP contribution in [0.3, 0.4) is 0 Å². The number of benzene rings is 1. The van der Waals surface area contributed by atoms with E-state index in [1.54, 1.807) is 11.8 Å². The Labute approximate surface area is 115 Å². The van der Waals surface area contributed by atoms with Gasteiger partial charge in [0, 0.05) is 18.3 Å². The van der Waals surface area contributed by atoms with Crippen molar-refractivity contribution in [1.29, 1.82) is 0 Å². The highest BCUT2D eigenvalue weighted by molar-refractivity contribution is 7.98. The first-order valence-electron chi connectivity index (χ1n) is 5.62.